The summed E-state index contributed by atoms with van der Waals surface area (Å²) in [5.41, 5.74) is 0.197. The van der Waals surface area contributed by atoms with E-state index in [1.807, 2.05) is 60.7 Å². The first-order valence-electron chi connectivity index (χ1n) is 11.2. The van der Waals surface area contributed by atoms with Crippen LogP contribution in [0.5, 0.6) is 11.5 Å². The summed E-state index contributed by atoms with van der Waals surface area (Å²) < 4.78 is 50.5. The maximum atomic E-state index is 12.9. The van der Waals surface area contributed by atoms with E-state index in [0.717, 1.165) is 24.3 Å². The van der Waals surface area contributed by atoms with Crippen molar-refractivity contribution in [3.05, 3.63) is 145 Å². The zero-order valence-corrected chi connectivity index (χ0v) is 23.5. The van der Waals surface area contributed by atoms with Gasteiger partial charge < -0.3 is 9.78 Å². The van der Waals surface area contributed by atoms with Gasteiger partial charge in [-0.2, -0.15) is 36.4 Å². The Hall–Kier alpha value is -4.41. The summed E-state index contributed by atoms with van der Waals surface area (Å²) >= 11 is 0. The van der Waals surface area contributed by atoms with Crippen LogP contribution in [-0.2, 0) is 41.1 Å². The van der Waals surface area contributed by atoms with Gasteiger partial charge in [0.2, 0.25) is 0 Å². The molecule has 4 aromatic carbocycles. The Balaban J connectivity index is 0.000000573. The molecule has 0 aliphatic carbocycles. The van der Waals surface area contributed by atoms with Crippen LogP contribution in [0.15, 0.2) is 109 Å². The van der Waals surface area contributed by atoms with Crippen LogP contribution < -0.4 is 9.78 Å². The second-order valence-corrected chi connectivity index (χ2v) is 7.36. The predicted molar refractivity (Wildman–Crippen MR) is 138 cm³/mol. The fourth-order valence-corrected chi connectivity index (χ4v) is 1.94. The number of benzene rings is 2. The maximum absolute atomic E-state index is 12.9. The number of hydrogen-bond donors (Lipinski definition) is 0. The van der Waals surface area contributed by atoms with Crippen molar-refractivity contribution in [2.75, 3.05) is 0 Å². The van der Waals surface area contributed by atoms with Gasteiger partial charge in [-0.3, -0.25) is 9.78 Å². The third-order valence-corrected chi connectivity index (χ3v) is 3.88. The third kappa shape index (κ3) is 16.3. The second kappa shape index (κ2) is 20.5. The minimum Gasteiger partial charge on any atom is -0.348 e. The Bertz CT molecular complexity index is 1200. The number of halogens is 4. The Kier molecular flexibility index (Phi) is 18.3. The summed E-state index contributed by atoms with van der Waals surface area (Å²) in [5, 5.41) is 0. The van der Waals surface area contributed by atoms with E-state index in [9.17, 15) is 27.2 Å². The van der Waals surface area contributed by atoms with Gasteiger partial charge in [0.05, 0.1) is 11.6 Å². The predicted octanol–water partition coefficient (Wildman–Crippen LogP) is 7.16. The van der Waals surface area contributed by atoms with Crippen molar-refractivity contribution in [1.82, 2.24) is 0 Å². The van der Waals surface area contributed by atoms with E-state index in [2.05, 4.69) is 32.7 Å². The van der Waals surface area contributed by atoms with Gasteiger partial charge in [0.15, 0.2) is 0 Å². The molecule has 0 aliphatic rings. The van der Waals surface area contributed by atoms with Gasteiger partial charge in [-0.05, 0) is 13.8 Å². The molecule has 0 fully saturated rings. The molecule has 0 aromatic heterocycles. The molecule has 41 heavy (non-hydrogen) atoms. The maximum Gasteiger partial charge on any atom is 4.00 e. The molecule has 0 aliphatic heterocycles. The number of carbonyl (C=O) groups excluding carboxylic acids is 2. The summed E-state index contributed by atoms with van der Waals surface area (Å²) in [4.78, 5) is 38.7. The van der Waals surface area contributed by atoms with Gasteiger partial charge >= 0.3 is 33.7 Å². The minimum atomic E-state index is -1.08. The molecule has 0 heterocycles. The van der Waals surface area contributed by atoms with Crippen molar-refractivity contribution >= 4 is 11.9 Å². The van der Waals surface area contributed by atoms with Gasteiger partial charge in [-0.1, -0.05) is 13.2 Å². The molecule has 11 heteroatoms. The number of hydrogen-bond acceptors (Lipinski definition) is 6. The molecular formula is C30H24F4O6Ti. The molecule has 0 N–H and O–H groups in total. The van der Waals surface area contributed by atoms with Crippen LogP contribution in [0.25, 0.3) is 0 Å². The van der Waals surface area contributed by atoms with E-state index < -0.39 is 46.7 Å². The molecule has 0 radical (unpaired) electrons. The Morgan fingerprint density at radius 2 is 0.976 bits per heavy atom. The molecule has 0 atom stereocenters. The normalized spacial score (nSPS) is 8.93. The molecule has 6 nitrogen and oxygen atoms in total. The molecule has 0 saturated carbocycles. The summed E-state index contributed by atoms with van der Waals surface area (Å²) in [6, 6.07) is 27.2. The van der Waals surface area contributed by atoms with Gasteiger partial charge in [0.1, 0.15) is 11.5 Å². The molecular weight excluding hydrogens is 580 g/mol. The Labute approximate surface area is 249 Å². The zero-order valence-electron chi connectivity index (χ0n) is 22.0. The first kappa shape index (κ1) is 36.6. The van der Waals surface area contributed by atoms with Crippen molar-refractivity contribution in [1.29, 1.82) is 0 Å². The number of carbonyl (C=O) groups is 2. The Morgan fingerprint density at radius 3 is 1.20 bits per heavy atom. The monoisotopic (exact) mass is 604 g/mol. The smallest absolute Gasteiger partial charge is 0.348 e. The fraction of sp³-hybridized carbons (Fsp3) is 0.0667. The van der Waals surface area contributed by atoms with E-state index in [-0.39, 0.29) is 32.9 Å². The largest absolute Gasteiger partial charge is 4.00 e. The second-order valence-electron chi connectivity index (χ2n) is 7.36. The van der Waals surface area contributed by atoms with Gasteiger partial charge in [0, 0.05) is 22.8 Å². The summed E-state index contributed by atoms with van der Waals surface area (Å²) in [6.07, 6.45) is 0. The molecule has 4 rings (SSSR count). The standard InChI is InChI=1S/2C10H7F2O3.2C5H5.Ti/c2*1-6(2)10(13)15-14-9-4-3-7(11)5-8(9)12;2*1-2-4-5-3-1;/h2*3-4H,1H2,2H3;2*1-5H;/q4*-1;+4. The van der Waals surface area contributed by atoms with E-state index in [1.165, 1.54) is 13.8 Å². The Morgan fingerprint density at radius 1 is 0.659 bits per heavy atom. The first-order valence-corrected chi connectivity index (χ1v) is 11.2. The van der Waals surface area contributed by atoms with Crippen molar-refractivity contribution in [2.24, 2.45) is 0 Å². The fourth-order valence-electron chi connectivity index (χ4n) is 1.94. The molecule has 0 bridgehead atoms. The van der Waals surface area contributed by atoms with E-state index in [4.69, 9.17) is 0 Å². The summed E-state index contributed by atoms with van der Waals surface area (Å²) in [5.74, 6) is -6.42. The molecule has 0 unspecified atom stereocenters. The molecule has 0 amide bonds. The van der Waals surface area contributed by atoms with Crippen LogP contribution >= 0.6 is 0 Å². The average Bonchev–Trinajstić information content (AvgIpc) is 3.67. The molecule has 0 saturated heterocycles. The van der Waals surface area contributed by atoms with E-state index in [1.54, 1.807) is 12.1 Å². The third-order valence-electron chi connectivity index (χ3n) is 3.88. The topological polar surface area (TPSA) is 71.1 Å². The number of rotatable bonds is 6. The van der Waals surface area contributed by atoms with Crippen molar-refractivity contribution < 1.29 is 68.4 Å². The van der Waals surface area contributed by atoms with Crippen molar-refractivity contribution in [2.45, 2.75) is 13.8 Å². The van der Waals surface area contributed by atoms with Gasteiger partial charge in [-0.15, -0.1) is 36.4 Å². The van der Waals surface area contributed by atoms with Crippen LogP contribution in [0.3, 0.4) is 0 Å². The van der Waals surface area contributed by atoms with E-state index in [0.29, 0.717) is 0 Å². The van der Waals surface area contributed by atoms with Crippen molar-refractivity contribution in [3.63, 3.8) is 0 Å². The average molecular weight is 604 g/mol. The van der Waals surface area contributed by atoms with Gasteiger partial charge in [-0.25, -0.2) is 51.4 Å². The quantitative estimate of drug-likeness (QED) is 0.0581. The first-order chi connectivity index (χ1) is 19.0. The van der Waals surface area contributed by atoms with Crippen LogP contribution in [0, 0.1) is 35.4 Å². The molecule has 212 valence electrons. The van der Waals surface area contributed by atoms with Crippen LogP contribution in [0.1, 0.15) is 13.8 Å². The molecule has 0 spiro atoms. The van der Waals surface area contributed by atoms with E-state index >= 15 is 0 Å². The zero-order chi connectivity index (χ0) is 29.9. The van der Waals surface area contributed by atoms with Gasteiger partial charge in [0.25, 0.3) is 0 Å². The minimum absolute atomic E-state index is 0. The van der Waals surface area contributed by atoms with Crippen LogP contribution in [0.4, 0.5) is 17.6 Å². The van der Waals surface area contributed by atoms with Crippen molar-refractivity contribution in [3.8, 4) is 11.5 Å². The summed E-state index contributed by atoms with van der Waals surface area (Å²) in [7, 11) is 0. The van der Waals surface area contributed by atoms with Crippen LogP contribution in [0.2, 0.25) is 0 Å². The SMILES string of the molecule is C=C(C)C(=O)OOc1ccc(F)[c-]c1F.C=C(C)C(=O)OOc1ccc(F)[c-]c1F.[Ti+4].c1cc[cH-]c1.c1cc[cH-]c1. The van der Waals surface area contributed by atoms with Crippen LogP contribution in [-0.4, -0.2) is 11.9 Å². The molecule has 4 aromatic rings. The summed E-state index contributed by atoms with van der Waals surface area (Å²) in [6.45, 7) is 9.38.